The van der Waals surface area contributed by atoms with Gasteiger partial charge in [-0.1, -0.05) is 61.6 Å². The molecule has 1 heteroatoms. The molecule has 2 aromatic rings. The Hall–Kier alpha value is -2.02. The van der Waals surface area contributed by atoms with E-state index >= 15 is 0 Å². The number of benzene rings is 1. The number of fused-ring (bicyclic) bond motifs is 1. The summed E-state index contributed by atoms with van der Waals surface area (Å²) in [6.45, 7) is 2.22. The molecule has 0 spiro atoms. The van der Waals surface area contributed by atoms with E-state index in [0.717, 1.165) is 0 Å². The number of aromatic nitrogens is 1. The van der Waals surface area contributed by atoms with E-state index in [1.54, 1.807) is 0 Å². The molecule has 1 aromatic heterocycles. The Kier molecular flexibility index (Phi) is 2.45. The number of hydrogen-bond acceptors (Lipinski definition) is 0. The highest BCUT2D eigenvalue weighted by Crippen LogP contribution is 2.29. The van der Waals surface area contributed by atoms with E-state index < -0.39 is 0 Å². The second-order valence-electron chi connectivity index (χ2n) is 4.45. The van der Waals surface area contributed by atoms with E-state index in [1.165, 1.54) is 22.5 Å². The molecule has 1 heterocycles. The number of aromatic amines is 1. The highest BCUT2D eigenvalue weighted by Gasteiger charge is 2.12. The number of hydrogen-bond donors (Lipinski definition) is 1. The molecule has 0 fully saturated rings. The molecule has 0 bridgehead atoms. The molecule has 3 rings (SSSR count). The first-order valence-electron chi connectivity index (χ1n) is 5.98. The summed E-state index contributed by atoms with van der Waals surface area (Å²) in [5.41, 5.74) is 5.03. The number of rotatable bonds is 1. The van der Waals surface area contributed by atoms with Gasteiger partial charge in [0.15, 0.2) is 0 Å². The van der Waals surface area contributed by atoms with Crippen LogP contribution in [-0.2, 0) is 0 Å². The van der Waals surface area contributed by atoms with E-state index in [0.29, 0.717) is 5.92 Å². The van der Waals surface area contributed by atoms with Crippen molar-refractivity contribution < 1.29 is 0 Å². The minimum Gasteiger partial charge on any atom is -0.357 e. The Labute approximate surface area is 102 Å². The van der Waals surface area contributed by atoms with Gasteiger partial charge in [-0.25, -0.2) is 0 Å². The van der Waals surface area contributed by atoms with Crippen LogP contribution in [0.2, 0.25) is 0 Å². The van der Waals surface area contributed by atoms with Gasteiger partial charge in [0.1, 0.15) is 0 Å². The Morgan fingerprint density at radius 1 is 1.06 bits per heavy atom. The van der Waals surface area contributed by atoms with Crippen molar-refractivity contribution >= 4 is 6.08 Å². The molecule has 0 aliphatic heterocycles. The maximum atomic E-state index is 3.54. The number of H-pyrrole nitrogens is 1. The molecular formula is C16H15N. The predicted molar refractivity (Wildman–Crippen MR) is 72.8 cm³/mol. The summed E-state index contributed by atoms with van der Waals surface area (Å²) in [6.07, 6.45) is 8.59. The van der Waals surface area contributed by atoms with Crippen LogP contribution in [0.15, 0.2) is 54.6 Å². The molecule has 0 amide bonds. The van der Waals surface area contributed by atoms with Gasteiger partial charge in [-0.15, -0.1) is 0 Å². The van der Waals surface area contributed by atoms with Crippen molar-refractivity contribution in [1.29, 1.82) is 0 Å². The lowest BCUT2D eigenvalue weighted by Gasteiger charge is -2.04. The van der Waals surface area contributed by atoms with Crippen LogP contribution in [0.25, 0.3) is 17.3 Å². The number of allylic oxidation sites excluding steroid dienone is 3. The second kappa shape index (κ2) is 4.10. The Balaban J connectivity index is 2.09. The fraction of sp³-hybridized carbons (Fsp3) is 0.125. The van der Waals surface area contributed by atoms with Gasteiger partial charge in [-0.2, -0.15) is 0 Å². The molecule has 0 saturated heterocycles. The van der Waals surface area contributed by atoms with E-state index in [9.17, 15) is 0 Å². The highest BCUT2D eigenvalue weighted by atomic mass is 14.7. The smallest absolute Gasteiger partial charge is 0.0462 e. The van der Waals surface area contributed by atoms with Gasteiger partial charge in [0.2, 0.25) is 0 Å². The van der Waals surface area contributed by atoms with E-state index in [2.05, 4.69) is 66.5 Å². The van der Waals surface area contributed by atoms with Crippen LogP contribution in [0.1, 0.15) is 24.1 Å². The van der Waals surface area contributed by atoms with Crippen LogP contribution in [0.3, 0.4) is 0 Å². The van der Waals surface area contributed by atoms with Gasteiger partial charge in [0.25, 0.3) is 0 Å². The van der Waals surface area contributed by atoms with E-state index in [-0.39, 0.29) is 0 Å². The van der Waals surface area contributed by atoms with Crippen molar-refractivity contribution in [2.24, 2.45) is 0 Å². The average molecular weight is 221 g/mol. The fourth-order valence-electron chi connectivity index (χ4n) is 2.26. The first-order valence-corrected chi connectivity index (χ1v) is 5.98. The van der Waals surface area contributed by atoms with Gasteiger partial charge < -0.3 is 4.98 Å². The van der Waals surface area contributed by atoms with Crippen LogP contribution < -0.4 is 0 Å². The van der Waals surface area contributed by atoms with Crippen molar-refractivity contribution in [2.45, 2.75) is 12.8 Å². The summed E-state index contributed by atoms with van der Waals surface area (Å²) in [7, 11) is 0. The summed E-state index contributed by atoms with van der Waals surface area (Å²) >= 11 is 0. The zero-order valence-corrected chi connectivity index (χ0v) is 9.85. The Bertz CT molecular complexity index is 573. The van der Waals surface area contributed by atoms with Crippen molar-refractivity contribution in [3.8, 4) is 11.3 Å². The van der Waals surface area contributed by atoms with E-state index in [1.807, 2.05) is 6.07 Å². The fourth-order valence-corrected chi connectivity index (χ4v) is 2.26. The van der Waals surface area contributed by atoms with Gasteiger partial charge in [-0.3, -0.25) is 0 Å². The first kappa shape index (κ1) is 10.2. The second-order valence-corrected chi connectivity index (χ2v) is 4.45. The van der Waals surface area contributed by atoms with Crippen molar-refractivity contribution in [3.05, 3.63) is 65.9 Å². The van der Waals surface area contributed by atoms with Crippen LogP contribution >= 0.6 is 0 Å². The summed E-state index contributed by atoms with van der Waals surface area (Å²) in [5, 5.41) is 0. The maximum Gasteiger partial charge on any atom is 0.0462 e. The standard InChI is InChI=1S/C16H15N/c1-12-7-5-6-10-14-11-15(17-16(12)14)13-8-3-2-4-9-13/h2-12,17H,1H3. The quantitative estimate of drug-likeness (QED) is 0.736. The van der Waals surface area contributed by atoms with Crippen molar-refractivity contribution in [2.75, 3.05) is 0 Å². The van der Waals surface area contributed by atoms with Crippen LogP contribution in [0.5, 0.6) is 0 Å². The van der Waals surface area contributed by atoms with Crippen molar-refractivity contribution in [1.82, 2.24) is 4.98 Å². The van der Waals surface area contributed by atoms with Crippen LogP contribution in [0, 0.1) is 0 Å². The molecule has 84 valence electrons. The van der Waals surface area contributed by atoms with Gasteiger partial charge in [0.05, 0.1) is 0 Å². The van der Waals surface area contributed by atoms with Gasteiger partial charge >= 0.3 is 0 Å². The molecule has 0 radical (unpaired) electrons. The molecular weight excluding hydrogens is 206 g/mol. The Morgan fingerprint density at radius 2 is 1.88 bits per heavy atom. The van der Waals surface area contributed by atoms with E-state index in [4.69, 9.17) is 0 Å². The molecule has 1 N–H and O–H groups in total. The Morgan fingerprint density at radius 3 is 2.71 bits per heavy atom. The topological polar surface area (TPSA) is 15.8 Å². The third-order valence-corrected chi connectivity index (χ3v) is 3.21. The summed E-state index contributed by atoms with van der Waals surface area (Å²) in [4.78, 5) is 3.54. The largest absolute Gasteiger partial charge is 0.357 e. The molecule has 0 saturated carbocycles. The van der Waals surface area contributed by atoms with Crippen LogP contribution in [0.4, 0.5) is 0 Å². The predicted octanol–water partition coefficient (Wildman–Crippen LogP) is 4.37. The van der Waals surface area contributed by atoms with Gasteiger partial charge in [0, 0.05) is 17.3 Å². The lowest BCUT2D eigenvalue weighted by Crippen LogP contribution is -1.90. The molecule has 1 unspecified atom stereocenters. The monoisotopic (exact) mass is 221 g/mol. The highest BCUT2D eigenvalue weighted by molar-refractivity contribution is 5.68. The molecule has 1 nitrogen and oxygen atoms in total. The summed E-state index contributed by atoms with van der Waals surface area (Å²) in [5.74, 6) is 0.442. The van der Waals surface area contributed by atoms with Crippen LogP contribution in [-0.4, -0.2) is 4.98 Å². The lowest BCUT2D eigenvalue weighted by molar-refractivity contribution is 0.922. The molecule has 17 heavy (non-hydrogen) atoms. The lowest BCUT2D eigenvalue weighted by atomic mass is 10.1. The molecule has 1 aliphatic carbocycles. The first-order chi connectivity index (χ1) is 8.34. The minimum absolute atomic E-state index is 0.442. The summed E-state index contributed by atoms with van der Waals surface area (Å²) in [6, 6.07) is 12.7. The number of nitrogens with one attached hydrogen (secondary N) is 1. The zero-order valence-electron chi connectivity index (χ0n) is 9.85. The SMILES string of the molecule is CC1C=CC=Cc2cc(-c3ccccc3)[nH]c21. The average Bonchev–Trinajstić information content (AvgIpc) is 2.72. The summed E-state index contributed by atoms with van der Waals surface area (Å²) < 4.78 is 0. The zero-order chi connectivity index (χ0) is 11.7. The van der Waals surface area contributed by atoms with Crippen molar-refractivity contribution in [3.63, 3.8) is 0 Å². The van der Waals surface area contributed by atoms with Gasteiger partial charge in [-0.05, 0) is 17.2 Å². The maximum absolute atomic E-state index is 3.54. The normalized spacial score (nSPS) is 17.8. The minimum atomic E-state index is 0.442. The molecule has 1 atom stereocenters. The molecule has 1 aromatic carbocycles. The third-order valence-electron chi connectivity index (χ3n) is 3.21. The molecule has 1 aliphatic rings. The third kappa shape index (κ3) is 1.84.